The molecule has 20 heavy (non-hydrogen) atoms. The second-order valence-corrected chi connectivity index (χ2v) is 5.16. The fourth-order valence-electron chi connectivity index (χ4n) is 2.43. The third-order valence-electron chi connectivity index (χ3n) is 3.61. The average Bonchev–Trinajstić information content (AvgIpc) is 2.68. The lowest BCUT2D eigenvalue weighted by atomic mass is 10.1. The van der Waals surface area contributed by atoms with E-state index in [1.54, 1.807) is 24.3 Å². The normalized spacial score (nSPS) is 14.6. The van der Waals surface area contributed by atoms with Crippen molar-refractivity contribution in [2.75, 3.05) is 26.2 Å². The molecule has 1 aromatic rings. The van der Waals surface area contributed by atoms with Crippen molar-refractivity contribution in [2.45, 2.75) is 19.9 Å². The standard InChI is InChI=1S/C15H20N2O3/c1-11(2)16(9-10-18)7-8-17-14(19)12-5-3-4-6-13(12)15(17)20/h3-6,11,18H,7-10H2,1-2H3. The first-order valence-electron chi connectivity index (χ1n) is 6.86. The molecule has 1 heterocycles. The molecule has 1 aliphatic rings. The lowest BCUT2D eigenvalue weighted by Crippen LogP contribution is -2.42. The number of nitrogens with zero attached hydrogens (tertiary/aromatic N) is 2. The van der Waals surface area contributed by atoms with E-state index in [4.69, 9.17) is 5.11 Å². The SMILES string of the molecule is CC(C)N(CCO)CCN1C(=O)c2ccccc2C1=O. The van der Waals surface area contributed by atoms with Gasteiger partial charge in [0.1, 0.15) is 0 Å². The first kappa shape index (κ1) is 14.7. The number of rotatable bonds is 6. The number of fused-ring (bicyclic) bond motifs is 1. The number of aliphatic hydroxyl groups is 1. The maximum atomic E-state index is 12.2. The van der Waals surface area contributed by atoms with Crippen LogP contribution in [0.15, 0.2) is 24.3 Å². The van der Waals surface area contributed by atoms with Gasteiger partial charge in [0.05, 0.1) is 17.7 Å². The van der Waals surface area contributed by atoms with Gasteiger partial charge < -0.3 is 5.11 Å². The number of carbonyl (C=O) groups excluding carboxylic acids is 2. The Morgan fingerprint density at radius 1 is 1.10 bits per heavy atom. The van der Waals surface area contributed by atoms with Crippen LogP contribution in [0, 0.1) is 0 Å². The third kappa shape index (κ3) is 2.73. The Bertz CT molecular complexity index is 479. The molecule has 0 spiro atoms. The first-order chi connectivity index (χ1) is 9.56. The molecule has 0 atom stereocenters. The molecule has 0 radical (unpaired) electrons. The van der Waals surface area contributed by atoms with Crippen molar-refractivity contribution in [3.05, 3.63) is 35.4 Å². The Hall–Kier alpha value is -1.72. The fourth-order valence-corrected chi connectivity index (χ4v) is 2.43. The van der Waals surface area contributed by atoms with Crippen LogP contribution in [0.1, 0.15) is 34.6 Å². The van der Waals surface area contributed by atoms with Gasteiger partial charge in [-0.25, -0.2) is 0 Å². The van der Waals surface area contributed by atoms with Gasteiger partial charge in [-0.2, -0.15) is 0 Å². The quantitative estimate of drug-likeness (QED) is 0.787. The van der Waals surface area contributed by atoms with Crippen molar-refractivity contribution in [2.24, 2.45) is 0 Å². The molecule has 5 heteroatoms. The van der Waals surface area contributed by atoms with Gasteiger partial charge in [-0.15, -0.1) is 0 Å². The summed E-state index contributed by atoms with van der Waals surface area (Å²) < 4.78 is 0. The van der Waals surface area contributed by atoms with Crippen molar-refractivity contribution in [3.63, 3.8) is 0 Å². The summed E-state index contributed by atoms with van der Waals surface area (Å²) in [7, 11) is 0. The van der Waals surface area contributed by atoms with Crippen LogP contribution in [0.4, 0.5) is 0 Å². The molecule has 0 bridgehead atoms. The van der Waals surface area contributed by atoms with E-state index in [1.165, 1.54) is 4.90 Å². The molecular formula is C15H20N2O3. The summed E-state index contributed by atoms with van der Waals surface area (Å²) in [4.78, 5) is 27.7. The highest BCUT2D eigenvalue weighted by Crippen LogP contribution is 2.22. The van der Waals surface area contributed by atoms with Crippen LogP contribution in [0.5, 0.6) is 0 Å². The minimum Gasteiger partial charge on any atom is -0.395 e. The largest absolute Gasteiger partial charge is 0.395 e. The molecule has 2 rings (SSSR count). The second kappa shape index (κ2) is 6.15. The third-order valence-corrected chi connectivity index (χ3v) is 3.61. The highest BCUT2D eigenvalue weighted by atomic mass is 16.3. The topological polar surface area (TPSA) is 60.9 Å². The Kier molecular flexibility index (Phi) is 4.52. The van der Waals surface area contributed by atoms with Gasteiger partial charge in [-0.05, 0) is 26.0 Å². The maximum absolute atomic E-state index is 12.2. The number of hydrogen-bond donors (Lipinski definition) is 1. The molecule has 0 unspecified atom stereocenters. The van der Waals surface area contributed by atoms with Crippen molar-refractivity contribution in [1.82, 2.24) is 9.80 Å². The Morgan fingerprint density at radius 2 is 1.65 bits per heavy atom. The van der Waals surface area contributed by atoms with Gasteiger partial charge in [-0.3, -0.25) is 19.4 Å². The summed E-state index contributed by atoms with van der Waals surface area (Å²) in [6, 6.07) is 7.16. The zero-order valence-electron chi connectivity index (χ0n) is 11.9. The predicted octanol–water partition coefficient (Wildman–Crippen LogP) is 0.985. The monoisotopic (exact) mass is 276 g/mol. The molecular weight excluding hydrogens is 256 g/mol. The molecule has 1 N–H and O–H groups in total. The first-order valence-corrected chi connectivity index (χ1v) is 6.86. The number of imide groups is 1. The highest BCUT2D eigenvalue weighted by molar-refractivity contribution is 6.21. The molecule has 1 aromatic carbocycles. The smallest absolute Gasteiger partial charge is 0.261 e. The van der Waals surface area contributed by atoms with Crippen LogP contribution in [-0.4, -0.2) is 59.0 Å². The lowest BCUT2D eigenvalue weighted by molar-refractivity contribution is 0.0621. The molecule has 5 nitrogen and oxygen atoms in total. The molecule has 0 aromatic heterocycles. The molecule has 0 saturated heterocycles. The van der Waals surface area contributed by atoms with Crippen molar-refractivity contribution in [3.8, 4) is 0 Å². The number of hydrogen-bond acceptors (Lipinski definition) is 4. The molecule has 1 aliphatic heterocycles. The van der Waals surface area contributed by atoms with Crippen molar-refractivity contribution < 1.29 is 14.7 Å². The van der Waals surface area contributed by atoms with E-state index in [-0.39, 0.29) is 24.5 Å². The van der Waals surface area contributed by atoms with Crippen LogP contribution in [0.3, 0.4) is 0 Å². The van der Waals surface area contributed by atoms with E-state index in [9.17, 15) is 9.59 Å². The average molecular weight is 276 g/mol. The number of carbonyl (C=O) groups is 2. The summed E-state index contributed by atoms with van der Waals surface area (Å²) in [5.74, 6) is -0.448. The van der Waals surface area contributed by atoms with E-state index >= 15 is 0 Å². The van der Waals surface area contributed by atoms with Crippen LogP contribution < -0.4 is 0 Å². The molecule has 108 valence electrons. The second-order valence-electron chi connectivity index (χ2n) is 5.16. The van der Waals surface area contributed by atoms with E-state index in [1.807, 2.05) is 18.7 Å². The van der Waals surface area contributed by atoms with E-state index < -0.39 is 0 Å². The Morgan fingerprint density at radius 3 is 2.10 bits per heavy atom. The zero-order chi connectivity index (χ0) is 14.7. The Labute approximate surface area is 118 Å². The summed E-state index contributed by atoms with van der Waals surface area (Å²) in [5, 5.41) is 9.03. The summed E-state index contributed by atoms with van der Waals surface area (Å²) in [5.41, 5.74) is 0.964. The van der Waals surface area contributed by atoms with E-state index in [0.29, 0.717) is 30.8 Å². The van der Waals surface area contributed by atoms with Crippen molar-refractivity contribution >= 4 is 11.8 Å². The van der Waals surface area contributed by atoms with Gasteiger partial charge in [0.15, 0.2) is 0 Å². The van der Waals surface area contributed by atoms with Crippen LogP contribution in [0.25, 0.3) is 0 Å². The van der Waals surface area contributed by atoms with Gasteiger partial charge in [0.25, 0.3) is 11.8 Å². The van der Waals surface area contributed by atoms with Crippen LogP contribution in [0.2, 0.25) is 0 Å². The zero-order valence-corrected chi connectivity index (χ0v) is 11.9. The van der Waals surface area contributed by atoms with Crippen LogP contribution in [-0.2, 0) is 0 Å². The van der Waals surface area contributed by atoms with Gasteiger partial charge in [0.2, 0.25) is 0 Å². The number of amides is 2. The van der Waals surface area contributed by atoms with Gasteiger partial charge in [0, 0.05) is 25.7 Å². The molecule has 0 fully saturated rings. The molecule has 0 aliphatic carbocycles. The minimum absolute atomic E-state index is 0.0697. The summed E-state index contributed by atoms with van der Waals surface area (Å²) in [6.45, 7) is 5.59. The number of benzene rings is 1. The van der Waals surface area contributed by atoms with E-state index in [2.05, 4.69) is 0 Å². The highest BCUT2D eigenvalue weighted by Gasteiger charge is 2.34. The molecule has 2 amide bonds. The minimum atomic E-state index is -0.224. The van der Waals surface area contributed by atoms with Crippen molar-refractivity contribution in [1.29, 1.82) is 0 Å². The summed E-state index contributed by atoms with van der Waals surface area (Å²) >= 11 is 0. The molecule has 0 saturated carbocycles. The maximum Gasteiger partial charge on any atom is 0.261 e. The lowest BCUT2D eigenvalue weighted by Gasteiger charge is -2.27. The number of aliphatic hydroxyl groups excluding tert-OH is 1. The fraction of sp³-hybridized carbons (Fsp3) is 0.467. The Balaban J connectivity index is 2.05. The predicted molar refractivity (Wildman–Crippen MR) is 75.6 cm³/mol. The van der Waals surface area contributed by atoms with Gasteiger partial charge >= 0.3 is 0 Å². The van der Waals surface area contributed by atoms with E-state index in [0.717, 1.165) is 0 Å². The van der Waals surface area contributed by atoms with Gasteiger partial charge in [-0.1, -0.05) is 12.1 Å². The summed E-state index contributed by atoms with van der Waals surface area (Å²) in [6.07, 6.45) is 0. The van der Waals surface area contributed by atoms with Crippen LogP contribution >= 0.6 is 0 Å².